The SMILES string of the molecule is COc1ccc2c(c1OSc1ccccc1)CC1CCCc3cc(OCc4ccccc4)ccc3C(C2)C1. The Morgan fingerprint density at radius 1 is 0.842 bits per heavy atom. The number of hydrogen-bond donors (Lipinski definition) is 0. The first kappa shape index (κ1) is 24.9. The van der Waals surface area contributed by atoms with Crippen LogP contribution in [-0.2, 0) is 25.9 Å². The lowest BCUT2D eigenvalue weighted by molar-refractivity contribution is 0.305. The second-order valence-corrected chi connectivity index (χ2v) is 11.3. The number of rotatable bonds is 7. The van der Waals surface area contributed by atoms with Crippen LogP contribution in [0.5, 0.6) is 17.2 Å². The number of fused-ring (bicyclic) bond motifs is 5. The van der Waals surface area contributed by atoms with Crippen LogP contribution in [0.1, 0.15) is 53.0 Å². The molecule has 0 fully saturated rings. The number of ether oxygens (including phenoxy) is 2. The molecule has 4 aromatic rings. The van der Waals surface area contributed by atoms with Crippen LogP contribution in [0.25, 0.3) is 0 Å². The molecule has 0 amide bonds. The first-order valence-corrected chi connectivity index (χ1v) is 14.4. The highest BCUT2D eigenvalue weighted by Crippen LogP contribution is 2.46. The largest absolute Gasteiger partial charge is 0.493 e. The molecule has 6 rings (SSSR count). The molecule has 0 spiro atoms. The Morgan fingerprint density at radius 2 is 1.66 bits per heavy atom. The first-order valence-electron chi connectivity index (χ1n) is 13.6. The number of methoxy groups -OCH3 is 1. The van der Waals surface area contributed by atoms with E-state index in [1.165, 1.54) is 59.1 Å². The fraction of sp³-hybridized carbons (Fsp3) is 0.294. The molecule has 0 radical (unpaired) electrons. The standard InChI is InChI=1S/C34H34O3S/c1-35-33-18-15-27-21-28-19-25(20-32(27)34(33)37-38-30-13-6-3-7-14-30)11-8-12-26-22-29(16-17-31(26)28)36-23-24-9-4-2-5-10-24/h2-7,9-10,13-18,22,25,28H,8,11-12,19-21,23H2,1H3. The molecule has 2 aliphatic carbocycles. The number of aryl methyl sites for hydroxylation is 1. The molecule has 38 heavy (non-hydrogen) atoms. The Kier molecular flexibility index (Phi) is 7.59. The third-order valence-electron chi connectivity index (χ3n) is 7.94. The smallest absolute Gasteiger partial charge is 0.183 e. The number of hydrogen-bond acceptors (Lipinski definition) is 4. The Hall–Kier alpha value is -3.37. The summed E-state index contributed by atoms with van der Waals surface area (Å²) < 4.78 is 18.4. The van der Waals surface area contributed by atoms with E-state index < -0.39 is 0 Å². The molecule has 194 valence electrons. The predicted molar refractivity (Wildman–Crippen MR) is 154 cm³/mol. The van der Waals surface area contributed by atoms with Crippen molar-refractivity contribution < 1.29 is 13.7 Å². The summed E-state index contributed by atoms with van der Waals surface area (Å²) in [5.41, 5.74) is 6.85. The summed E-state index contributed by atoms with van der Waals surface area (Å²) in [6.07, 6.45) is 6.81. The zero-order valence-electron chi connectivity index (χ0n) is 21.9. The molecule has 4 aromatic carbocycles. The van der Waals surface area contributed by atoms with Gasteiger partial charge in [0.25, 0.3) is 0 Å². The van der Waals surface area contributed by atoms with E-state index in [1.54, 1.807) is 7.11 Å². The van der Waals surface area contributed by atoms with Gasteiger partial charge in [0, 0.05) is 10.5 Å². The van der Waals surface area contributed by atoms with Gasteiger partial charge in [-0.1, -0.05) is 60.7 Å². The maximum absolute atomic E-state index is 6.40. The lowest BCUT2D eigenvalue weighted by atomic mass is 9.79. The average molecular weight is 523 g/mol. The van der Waals surface area contributed by atoms with E-state index in [0.717, 1.165) is 41.4 Å². The molecule has 2 aliphatic rings. The van der Waals surface area contributed by atoms with Crippen molar-refractivity contribution in [1.29, 1.82) is 0 Å². The maximum atomic E-state index is 6.40. The summed E-state index contributed by atoms with van der Waals surface area (Å²) in [4.78, 5) is 1.09. The van der Waals surface area contributed by atoms with Gasteiger partial charge < -0.3 is 13.7 Å². The van der Waals surface area contributed by atoms with Gasteiger partial charge in [0.15, 0.2) is 11.5 Å². The van der Waals surface area contributed by atoms with Gasteiger partial charge in [-0.2, -0.15) is 0 Å². The Bertz CT molecular complexity index is 1370. The van der Waals surface area contributed by atoms with E-state index >= 15 is 0 Å². The molecule has 2 unspecified atom stereocenters. The van der Waals surface area contributed by atoms with E-state index in [1.807, 2.05) is 24.3 Å². The van der Waals surface area contributed by atoms with E-state index in [0.29, 0.717) is 18.4 Å². The van der Waals surface area contributed by atoms with Crippen LogP contribution in [0.15, 0.2) is 95.9 Å². The van der Waals surface area contributed by atoms with Crippen molar-refractivity contribution in [3.63, 3.8) is 0 Å². The average Bonchev–Trinajstić information content (AvgIpc) is 3.15. The van der Waals surface area contributed by atoms with Crippen molar-refractivity contribution in [2.45, 2.75) is 55.9 Å². The van der Waals surface area contributed by atoms with Gasteiger partial charge in [-0.3, -0.25) is 0 Å². The van der Waals surface area contributed by atoms with Gasteiger partial charge in [0.05, 0.1) is 19.2 Å². The minimum absolute atomic E-state index is 0.503. The summed E-state index contributed by atoms with van der Waals surface area (Å²) in [6.45, 7) is 0.601. The third kappa shape index (κ3) is 5.56. The summed E-state index contributed by atoms with van der Waals surface area (Å²) in [5.74, 6) is 3.83. The highest BCUT2D eigenvalue weighted by atomic mass is 32.2. The topological polar surface area (TPSA) is 27.7 Å². The van der Waals surface area contributed by atoms with Crippen LogP contribution in [0.3, 0.4) is 0 Å². The minimum atomic E-state index is 0.503. The zero-order valence-corrected chi connectivity index (χ0v) is 22.7. The molecule has 0 saturated carbocycles. The first-order chi connectivity index (χ1) is 18.8. The minimum Gasteiger partial charge on any atom is -0.493 e. The molecule has 3 nitrogen and oxygen atoms in total. The van der Waals surface area contributed by atoms with Gasteiger partial charge >= 0.3 is 0 Å². The quantitative estimate of drug-likeness (QED) is 0.227. The summed E-state index contributed by atoms with van der Waals surface area (Å²) in [7, 11) is 1.74. The molecule has 4 heteroatoms. The second kappa shape index (κ2) is 11.6. The highest BCUT2D eigenvalue weighted by Gasteiger charge is 2.31. The monoisotopic (exact) mass is 522 g/mol. The maximum Gasteiger partial charge on any atom is 0.183 e. The van der Waals surface area contributed by atoms with Gasteiger partial charge in [-0.15, -0.1) is 0 Å². The lowest BCUT2D eigenvalue weighted by Crippen LogP contribution is -2.14. The van der Waals surface area contributed by atoms with E-state index in [4.69, 9.17) is 13.7 Å². The van der Waals surface area contributed by atoms with Crippen molar-refractivity contribution >= 4 is 12.0 Å². The molecular weight excluding hydrogens is 488 g/mol. The molecule has 0 N–H and O–H groups in total. The molecule has 0 saturated heterocycles. The summed E-state index contributed by atoms with van der Waals surface area (Å²) >= 11 is 1.42. The van der Waals surface area contributed by atoms with E-state index in [-0.39, 0.29) is 0 Å². The van der Waals surface area contributed by atoms with Crippen LogP contribution in [0, 0.1) is 5.92 Å². The van der Waals surface area contributed by atoms with E-state index in [2.05, 4.69) is 66.7 Å². The highest BCUT2D eigenvalue weighted by molar-refractivity contribution is 7.95. The van der Waals surface area contributed by atoms with Crippen LogP contribution in [0.4, 0.5) is 0 Å². The van der Waals surface area contributed by atoms with Crippen LogP contribution in [-0.4, -0.2) is 7.11 Å². The van der Waals surface area contributed by atoms with E-state index in [9.17, 15) is 0 Å². The molecule has 0 aliphatic heterocycles. The van der Waals surface area contributed by atoms with Gasteiger partial charge in [-0.05, 0) is 103 Å². The Morgan fingerprint density at radius 3 is 2.47 bits per heavy atom. The molecule has 2 atom stereocenters. The van der Waals surface area contributed by atoms with Gasteiger partial charge in [-0.25, -0.2) is 0 Å². The van der Waals surface area contributed by atoms with Crippen molar-refractivity contribution in [1.82, 2.24) is 0 Å². The van der Waals surface area contributed by atoms with Crippen LogP contribution < -0.4 is 13.7 Å². The molecule has 0 heterocycles. The van der Waals surface area contributed by atoms with Crippen molar-refractivity contribution in [3.8, 4) is 17.2 Å². The van der Waals surface area contributed by atoms with Gasteiger partial charge in [0.2, 0.25) is 0 Å². The van der Waals surface area contributed by atoms with Gasteiger partial charge in [0.1, 0.15) is 12.4 Å². The molecular formula is C34H34O3S. The summed E-state index contributed by atoms with van der Waals surface area (Å²) in [5, 5.41) is 0. The Balaban J connectivity index is 1.27. The fourth-order valence-electron chi connectivity index (χ4n) is 6.07. The van der Waals surface area contributed by atoms with Crippen LogP contribution in [0.2, 0.25) is 0 Å². The zero-order chi connectivity index (χ0) is 25.7. The van der Waals surface area contributed by atoms with Crippen LogP contribution >= 0.6 is 12.0 Å². The lowest BCUT2D eigenvalue weighted by Gasteiger charge is -2.26. The normalized spacial score (nSPS) is 18.2. The van der Waals surface area contributed by atoms with Crippen molar-refractivity contribution in [2.24, 2.45) is 5.92 Å². The predicted octanol–water partition coefficient (Wildman–Crippen LogP) is 8.59. The van der Waals surface area contributed by atoms with Crippen molar-refractivity contribution in [2.75, 3.05) is 7.11 Å². The third-order valence-corrected chi connectivity index (χ3v) is 8.66. The second-order valence-electron chi connectivity index (χ2n) is 10.4. The van der Waals surface area contributed by atoms with Crippen molar-refractivity contribution in [3.05, 3.63) is 119 Å². The fourth-order valence-corrected chi connectivity index (χ4v) is 6.70. The molecule has 0 aromatic heterocycles. The molecule has 2 bridgehead atoms. The summed E-state index contributed by atoms with van der Waals surface area (Å²) in [6, 6.07) is 31.8. The number of benzene rings is 4. The Labute approximate surface area is 230 Å².